The number of nitrogens with one attached hydrogen (secondary N) is 1. The second-order valence-corrected chi connectivity index (χ2v) is 6.90. The summed E-state index contributed by atoms with van der Waals surface area (Å²) in [6, 6.07) is 6.43. The van der Waals surface area contributed by atoms with E-state index < -0.39 is 0 Å². The van der Waals surface area contributed by atoms with Crippen LogP contribution in [-0.4, -0.2) is 62.1 Å². The van der Waals surface area contributed by atoms with Crippen LogP contribution >= 0.6 is 0 Å². The molecule has 0 atom stereocenters. The van der Waals surface area contributed by atoms with E-state index in [1.165, 1.54) is 50.3 Å². The number of piperazine rings is 1. The molecule has 2 rings (SSSR count). The van der Waals surface area contributed by atoms with Gasteiger partial charge in [-0.05, 0) is 50.4 Å². The molecule has 0 spiro atoms. The highest BCUT2D eigenvalue weighted by Gasteiger charge is 2.12. The van der Waals surface area contributed by atoms with Crippen molar-refractivity contribution >= 4 is 11.6 Å². The lowest BCUT2D eigenvalue weighted by Crippen LogP contribution is -2.44. The van der Waals surface area contributed by atoms with Gasteiger partial charge in [0.05, 0.1) is 0 Å². The molecular weight excluding hydrogens is 310 g/mol. The Morgan fingerprint density at radius 3 is 2.32 bits per heavy atom. The SMILES string of the molecule is CCc1cccc(CC)c1NC(N)=NCCCCN1CCN(C)CC1. The first-order valence-electron chi connectivity index (χ1n) is 9.72. The molecule has 0 unspecified atom stereocenters. The number of benzene rings is 1. The Bertz CT molecular complexity index is 525. The van der Waals surface area contributed by atoms with Crippen molar-refractivity contribution in [3.05, 3.63) is 29.3 Å². The molecule has 1 aromatic rings. The number of anilines is 1. The van der Waals surface area contributed by atoms with Gasteiger partial charge in [-0.2, -0.15) is 0 Å². The summed E-state index contributed by atoms with van der Waals surface area (Å²) in [6.07, 6.45) is 4.26. The van der Waals surface area contributed by atoms with Crippen LogP contribution in [0.3, 0.4) is 0 Å². The van der Waals surface area contributed by atoms with Crippen molar-refractivity contribution < 1.29 is 0 Å². The molecule has 1 heterocycles. The van der Waals surface area contributed by atoms with E-state index in [1.54, 1.807) is 0 Å². The second-order valence-electron chi connectivity index (χ2n) is 6.90. The van der Waals surface area contributed by atoms with Gasteiger partial charge >= 0.3 is 0 Å². The Balaban J connectivity index is 1.75. The van der Waals surface area contributed by atoms with E-state index in [0.717, 1.165) is 31.5 Å². The van der Waals surface area contributed by atoms with Crippen LogP contribution in [0.5, 0.6) is 0 Å². The summed E-state index contributed by atoms with van der Waals surface area (Å²) in [4.78, 5) is 9.47. The first kappa shape index (κ1) is 19.7. The molecule has 0 amide bonds. The van der Waals surface area contributed by atoms with Crippen molar-refractivity contribution in [1.29, 1.82) is 0 Å². The van der Waals surface area contributed by atoms with E-state index in [4.69, 9.17) is 5.73 Å². The zero-order valence-corrected chi connectivity index (χ0v) is 16.2. The number of para-hydroxylation sites is 1. The van der Waals surface area contributed by atoms with Gasteiger partial charge in [-0.25, -0.2) is 0 Å². The van der Waals surface area contributed by atoms with E-state index in [0.29, 0.717) is 5.96 Å². The van der Waals surface area contributed by atoms with Crippen molar-refractivity contribution in [2.45, 2.75) is 39.5 Å². The fourth-order valence-electron chi connectivity index (χ4n) is 3.29. The molecule has 1 fully saturated rings. The van der Waals surface area contributed by atoms with E-state index in [2.05, 4.69) is 59.2 Å². The molecule has 0 aromatic heterocycles. The minimum absolute atomic E-state index is 0.537. The van der Waals surface area contributed by atoms with Crippen molar-refractivity contribution in [3.8, 4) is 0 Å². The van der Waals surface area contributed by atoms with Crippen molar-refractivity contribution in [2.75, 3.05) is 51.6 Å². The monoisotopic (exact) mass is 345 g/mol. The summed E-state index contributed by atoms with van der Waals surface area (Å²) in [7, 11) is 2.20. The third-order valence-corrected chi connectivity index (χ3v) is 5.01. The molecule has 0 saturated carbocycles. The fraction of sp³-hybridized carbons (Fsp3) is 0.650. The van der Waals surface area contributed by atoms with Crippen LogP contribution < -0.4 is 11.1 Å². The maximum atomic E-state index is 6.12. The molecule has 0 bridgehead atoms. The van der Waals surface area contributed by atoms with E-state index in [1.807, 2.05) is 0 Å². The van der Waals surface area contributed by atoms with Gasteiger partial charge in [0.25, 0.3) is 0 Å². The first-order valence-corrected chi connectivity index (χ1v) is 9.72. The van der Waals surface area contributed by atoms with Gasteiger partial charge in [-0.15, -0.1) is 0 Å². The molecule has 5 heteroatoms. The summed E-state index contributed by atoms with van der Waals surface area (Å²) in [6.45, 7) is 11.1. The number of hydrogen-bond donors (Lipinski definition) is 2. The molecule has 25 heavy (non-hydrogen) atoms. The smallest absolute Gasteiger partial charge is 0.193 e. The van der Waals surface area contributed by atoms with Crippen molar-refractivity contribution in [1.82, 2.24) is 9.80 Å². The van der Waals surface area contributed by atoms with Gasteiger partial charge in [-0.3, -0.25) is 4.99 Å². The molecule has 3 N–H and O–H groups in total. The summed E-state index contributed by atoms with van der Waals surface area (Å²) < 4.78 is 0. The predicted molar refractivity (Wildman–Crippen MR) is 108 cm³/mol. The molecule has 0 aliphatic carbocycles. The number of rotatable bonds is 8. The molecular formula is C20H35N5. The average Bonchev–Trinajstić information content (AvgIpc) is 2.63. The fourth-order valence-corrected chi connectivity index (χ4v) is 3.29. The Hall–Kier alpha value is -1.59. The van der Waals surface area contributed by atoms with Crippen molar-refractivity contribution in [2.24, 2.45) is 10.7 Å². The Labute approximate surface area is 153 Å². The van der Waals surface area contributed by atoms with E-state index in [-0.39, 0.29) is 0 Å². The predicted octanol–water partition coefficient (Wildman–Crippen LogP) is 2.57. The number of hydrogen-bond acceptors (Lipinski definition) is 3. The van der Waals surface area contributed by atoms with Crippen LogP contribution in [0.25, 0.3) is 0 Å². The summed E-state index contributed by atoms with van der Waals surface area (Å²) >= 11 is 0. The molecule has 5 nitrogen and oxygen atoms in total. The zero-order chi connectivity index (χ0) is 18.1. The quantitative estimate of drug-likeness (QED) is 0.432. The lowest BCUT2D eigenvalue weighted by molar-refractivity contribution is 0.152. The molecule has 1 aromatic carbocycles. The molecule has 0 radical (unpaired) electrons. The largest absolute Gasteiger partial charge is 0.370 e. The van der Waals surface area contributed by atoms with Gasteiger partial charge in [0.15, 0.2) is 5.96 Å². The highest BCUT2D eigenvalue weighted by Crippen LogP contribution is 2.22. The number of nitrogens with two attached hydrogens (primary N) is 1. The van der Waals surface area contributed by atoms with E-state index in [9.17, 15) is 0 Å². The number of unbranched alkanes of at least 4 members (excludes halogenated alkanes) is 1. The van der Waals surface area contributed by atoms with Crippen LogP contribution in [0.2, 0.25) is 0 Å². The lowest BCUT2D eigenvalue weighted by atomic mass is 10.0. The first-order chi connectivity index (χ1) is 12.1. The number of nitrogens with zero attached hydrogens (tertiary/aromatic N) is 3. The third kappa shape index (κ3) is 6.33. The topological polar surface area (TPSA) is 56.9 Å². The third-order valence-electron chi connectivity index (χ3n) is 5.01. The van der Waals surface area contributed by atoms with Crippen LogP contribution in [0.4, 0.5) is 5.69 Å². The van der Waals surface area contributed by atoms with Crippen molar-refractivity contribution in [3.63, 3.8) is 0 Å². The maximum Gasteiger partial charge on any atom is 0.193 e. The van der Waals surface area contributed by atoms with Crippen LogP contribution in [0.15, 0.2) is 23.2 Å². The highest BCUT2D eigenvalue weighted by molar-refractivity contribution is 5.93. The summed E-state index contributed by atoms with van der Waals surface area (Å²) in [5.74, 6) is 0.537. The Morgan fingerprint density at radius 1 is 1.08 bits per heavy atom. The minimum atomic E-state index is 0.537. The Morgan fingerprint density at radius 2 is 1.72 bits per heavy atom. The highest BCUT2D eigenvalue weighted by atomic mass is 15.2. The number of guanidine groups is 1. The van der Waals surface area contributed by atoms with Crippen LogP contribution in [0.1, 0.15) is 37.8 Å². The standard InChI is InChI=1S/C20H35N5/c1-4-17-9-8-10-18(5-2)19(17)23-20(21)22-11-6-7-12-25-15-13-24(3)14-16-25/h8-10H,4-7,11-16H2,1-3H3,(H3,21,22,23). The van der Waals surface area contributed by atoms with E-state index >= 15 is 0 Å². The zero-order valence-electron chi connectivity index (χ0n) is 16.2. The van der Waals surface area contributed by atoms with Gasteiger partial charge in [0, 0.05) is 38.4 Å². The molecule has 1 saturated heterocycles. The minimum Gasteiger partial charge on any atom is -0.370 e. The van der Waals surface area contributed by atoms with Gasteiger partial charge < -0.3 is 20.9 Å². The van der Waals surface area contributed by atoms with Gasteiger partial charge in [-0.1, -0.05) is 32.0 Å². The van der Waals surface area contributed by atoms with Gasteiger partial charge in [0.1, 0.15) is 0 Å². The second kappa shape index (κ2) is 10.4. The van der Waals surface area contributed by atoms with Crippen LogP contribution in [-0.2, 0) is 12.8 Å². The van der Waals surface area contributed by atoms with Crippen LogP contribution in [0, 0.1) is 0 Å². The lowest BCUT2D eigenvalue weighted by Gasteiger charge is -2.32. The van der Waals surface area contributed by atoms with Gasteiger partial charge in [0.2, 0.25) is 0 Å². The summed E-state index contributed by atoms with van der Waals surface area (Å²) in [5.41, 5.74) is 9.86. The molecule has 1 aliphatic rings. The number of aryl methyl sites for hydroxylation is 2. The Kier molecular flexibility index (Phi) is 8.22. The maximum absolute atomic E-state index is 6.12. The average molecular weight is 346 g/mol. The molecule has 140 valence electrons. The summed E-state index contributed by atoms with van der Waals surface area (Å²) in [5, 5.41) is 3.34. The normalized spacial score (nSPS) is 17.0. The number of likely N-dealkylation sites (N-methyl/N-ethyl adjacent to an activating group) is 1. The number of aliphatic imine (C=N–C) groups is 1. The molecule has 1 aliphatic heterocycles.